The topological polar surface area (TPSA) is 72.9 Å². The third-order valence-corrected chi connectivity index (χ3v) is 3.95. The molecule has 1 fully saturated rings. The summed E-state index contributed by atoms with van der Waals surface area (Å²) in [4.78, 5) is 12.2. The third kappa shape index (κ3) is 2.21. The van der Waals surface area contributed by atoms with E-state index in [2.05, 4.69) is 17.3 Å². The highest BCUT2D eigenvalue weighted by Gasteiger charge is 2.32. The van der Waals surface area contributed by atoms with E-state index in [4.69, 9.17) is 5.73 Å². The van der Waals surface area contributed by atoms with Crippen LogP contribution in [0.3, 0.4) is 0 Å². The van der Waals surface area contributed by atoms with E-state index < -0.39 is 0 Å². The van der Waals surface area contributed by atoms with E-state index in [1.807, 2.05) is 6.92 Å². The van der Waals surface area contributed by atoms with Gasteiger partial charge < -0.3 is 11.1 Å². The third-order valence-electron chi connectivity index (χ3n) is 3.95. The molecule has 1 amide bonds. The maximum Gasteiger partial charge on any atom is 0.271 e. The molecule has 0 aromatic carbocycles. The minimum Gasteiger partial charge on any atom is -0.395 e. The average molecular weight is 250 g/mol. The van der Waals surface area contributed by atoms with Gasteiger partial charge in [-0.2, -0.15) is 5.10 Å². The first-order valence-corrected chi connectivity index (χ1v) is 6.56. The summed E-state index contributed by atoms with van der Waals surface area (Å²) >= 11 is 0. The van der Waals surface area contributed by atoms with Crippen LogP contribution in [0.2, 0.25) is 0 Å². The lowest BCUT2D eigenvalue weighted by atomic mass is 9.70. The predicted octanol–water partition coefficient (Wildman–Crippen LogP) is 1.48. The van der Waals surface area contributed by atoms with Gasteiger partial charge in [0.2, 0.25) is 0 Å². The SMILES string of the molecule is CCc1nn(C)c(C(=O)NCC2(C)CCC2)c1N. The molecule has 5 nitrogen and oxygen atoms in total. The Kier molecular flexibility index (Phi) is 3.32. The predicted molar refractivity (Wildman–Crippen MR) is 71.3 cm³/mol. The van der Waals surface area contributed by atoms with E-state index in [1.54, 1.807) is 11.7 Å². The van der Waals surface area contributed by atoms with Gasteiger partial charge in [-0.15, -0.1) is 0 Å². The van der Waals surface area contributed by atoms with Crippen LogP contribution in [0, 0.1) is 5.41 Å². The van der Waals surface area contributed by atoms with Crippen molar-refractivity contribution in [1.82, 2.24) is 15.1 Å². The highest BCUT2D eigenvalue weighted by molar-refractivity contribution is 5.98. The number of nitrogens with one attached hydrogen (secondary N) is 1. The Hall–Kier alpha value is -1.52. The second-order valence-corrected chi connectivity index (χ2v) is 5.53. The van der Waals surface area contributed by atoms with Gasteiger partial charge in [0.25, 0.3) is 5.91 Å². The highest BCUT2D eigenvalue weighted by atomic mass is 16.2. The van der Waals surface area contributed by atoms with Crippen LogP contribution >= 0.6 is 0 Å². The standard InChI is InChI=1S/C13H22N4O/c1-4-9-10(14)11(17(3)16-9)12(18)15-8-13(2)6-5-7-13/h4-8,14H2,1-3H3,(H,15,18). The van der Waals surface area contributed by atoms with Gasteiger partial charge in [-0.05, 0) is 24.7 Å². The highest BCUT2D eigenvalue weighted by Crippen LogP contribution is 2.39. The molecule has 0 saturated heterocycles. The summed E-state index contributed by atoms with van der Waals surface area (Å²) < 4.78 is 1.58. The van der Waals surface area contributed by atoms with E-state index in [1.165, 1.54) is 19.3 Å². The van der Waals surface area contributed by atoms with E-state index in [0.29, 0.717) is 11.4 Å². The Bertz CT molecular complexity index is 460. The van der Waals surface area contributed by atoms with Gasteiger partial charge in [-0.25, -0.2) is 0 Å². The fourth-order valence-corrected chi connectivity index (χ4v) is 2.46. The van der Waals surface area contributed by atoms with Gasteiger partial charge in [0.1, 0.15) is 5.69 Å². The van der Waals surface area contributed by atoms with Crippen molar-refractivity contribution in [3.05, 3.63) is 11.4 Å². The van der Waals surface area contributed by atoms with E-state index in [0.717, 1.165) is 18.7 Å². The molecule has 0 radical (unpaired) electrons. The summed E-state index contributed by atoms with van der Waals surface area (Å²) in [5, 5.41) is 7.24. The summed E-state index contributed by atoms with van der Waals surface area (Å²) in [6, 6.07) is 0. The lowest BCUT2D eigenvalue weighted by molar-refractivity contribution is 0.0882. The zero-order chi connectivity index (χ0) is 13.3. The lowest BCUT2D eigenvalue weighted by Gasteiger charge is -2.38. The van der Waals surface area contributed by atoms with Crippen molar-refractivity contribution >= 4 is 11.6 Å². The fourth-order valence-electron chi connectivity index (χ4n) is 2.46. The molecule has 1 saturated carbocycles. The number of nitrogens with zero attached hydrogens (tertiary/aromatic N) is 2. The second-order valence-electron chi connectivity index (χ2n) is 5.53. The number of nitrogen functional groups attached to an aromatic ring is 1. The first-order valence-electron chi connectivity index (χ1n) is 6.56. The van der Waals surface area contributed by atoms with Gasteiger partial charge in [-0.1, -0.05) is 20.3 Å². The Morgan fingerprint density at radius 3 is 2.67 bits per heavy atom. The van der Waals surface area contributed by atoms with Crippen LogP contribution in [0.15, 0.2) is 0 Å². The molecule has 18 heavy (non-hydrogen) atoms. The van der Waals surface area contributed by atoms with Crippen LogP contribution in [-0.2, 0) is 13.5 Å². The number of hydrogen-bond donors (Lipinski definition) is 2. The van der Waals surface area contributed by atoms with Gasteiger partial charge >= 0.3 is 0 Å². The lowest BCUT2D eigenvalue weighted by Crippen LogP contribution is -2.40. The molecule has 100 valence electrons. The number of rotatable bonds is 4. The quantitative estimate of drug-likeness (QED) is 0.850. The molecule has 0 unspecified atom stereocenters. The number of amides is 1. The van der Waals surface area contributed by atoms with E-state index >= 15 is 0 Å². The van der Waals surface area contributed by atoms with Gasteiger partial charge in [-0.3, -0.25) is 9.48 Å². The Morgan fingerprint density at radius 2 is 2.22 bits per heavy atom. The number of hydrogen-bond acceptors (Lipinski definition) is 3. The zero-order valence-electron chi connectivity index (χ0n) is 11.4. The van der Waals surface area contributed by atoms with Crippen molar-refractivity contribution in [1.29, 1.82) is 0 Å². The molecular formula is C13H22N4O. The molecule has 1 aromatic heterocycles. The second kappa shape index (κ2) is 4.63. The van der Waals surface area contributed by atoms with Crippen molar-refractivity contribution in [2.75, 3.05) is 12.3 Å². The molecule has 3 N–H and O–H groups in total. The first-order chi connectivity index (χ1) is 8.47. The van der Waals surface area contributed by atoms with Crippen LogP contribution < -0.4 is 11.1 Å². The Labute approximate surface area is 108 Å². The van der Waals surface area contributed by atoms with Gasteiger partial charge in [0.15, 0.2) is 0 Å². The van der Waals surface area contributed by atoms with Crippen LogP contribution in [0.5, 0.6) is 0 Å². The molecule has 0 atom stereocenters. The minimum absolute atomic E-state index is 0.115. The maximum absolute atomic E-state index is 12.2. The van der Waals surface area contributed by atoms with Crippen molar-refractivity contribution in [2.45, 2.75) is 39.5 Å². The summed E-state index contributed by atoms with van der Waals surface area (Å²) in [5.74, 6) is -0.115. The van der Waals surface area contributed by atoms with Gasteiger partial charge in [0.05, 0.1) is 11.4 Å². The van der Waals surface area contributed by atoms with Crippen molar-refractivity contribution in [3.63, 3.8) is 0 Å². The van der Waals surface area contributed by atoms with Crippen molar-refractivity contribution in [2.24, 2.45) is 12.5 Å². The molecule has 2 rings (SSSR count). The normalized spacial score (nSPS) is 17.3. The summed E-state index contributed by atoms with van der Waals surface area (Å²) in [7, 11) is 1.76. The number of carbonyl (C=O) groups is 1. The maximum atomic E-state index is 12.2. The number of anilines is 1. The van der Waals surface area contributed by atoms with Crippen molar-refractivity contribution in [3.8, 4) is 0 Å². The summed E-state index contributed by atoms with van der Waals surface area (Å²) in [6.07, 6.45) is 4.38. The van der Waals surface area contributed by atoms with E-state index in [9.17, 15) is 4.79 Å². The molecule has 0 bridgehead atoms. The van der Waals surface area contributed by atoms with Gasteiger partial charge in [0, 0.05) is 13.6 Å². The number of aromatic nitrogens is 2. The molecule has 0 aliphatic heterocycles. The Balaban J connectivity index is 2.06. The first kappa shape index (κ1) is 12.9. The van der Waals surface area contributed by atoms with Crippen LogP contribution in [0.25, 0.3) is 0 Å². The fraction of sp³-hybridized carbons (Fsp3) is 0.692. The summed E-state index contributed by atoms with van der Waals surface area (Å²) in [6.45, 7) is 4.91. The monoisotopic (exact) mass is 250 g/mol. The molecule has 1 aromatic rings. The number of nitrogens with two attached hydrogens (primary N) is 1. The van der Waals surface area contributed by atoms with Crippen LogP contribution in [0.4, 0.5) is 5.69 Å². The number of aryl methyl sites for hydroxylation is 2. The Morgan fingerprint density at radius 1 is 1.56 bits per heavy atom. The molecule has 5 heteroatoms. The molecule has 0 spiro atoms. The summed E-state index contributed by atoms with van der Waals surface area (Å²) in [5.41, 5.74) is 8.01. The van der Waals surface area contributed by atoms with Crippen molar-refractivity contribution < 1.29 is 4.79 Å². The molecule has 1 aliphatic rings. The van der Waals surface area contributed by atoms with Crippen LogP contribution in [0.1, 0.15) is 49.3 Å². The molecule has 1 heterocycles. The average Bonchev–Trinajstić information content (AvgIpc) is 2.59. The molecule has 1 aliphatic carbocycles. The number of carbonyl (C=O) groups excluding carboxylic acids is 1. The van der Waals surface area contributed by atoms with Crippen LogP contribution in [-0.4, -0.2) is 22.2 Å². The largest absolute Gasteiger partial charge is 0.395 e. The molecular weight excluding hydrogens is 228 g/mol. The van der Waals surface area contributed by atoms with E-state index in [-0.39, 0.29) is 11.3 Å². The zero-order valence-corrected chi connectivity index (χ0v) is 11.4. The minimum atomic E-state index is -0.115. The smallest absolute Gasteiger partial charge is 0.271 e.